The highest BCUT2D eigenvalue weighted by Crippen LogP contribution is 2.23. The molecule has 0 fully saturated rings. The minimum atomic E-state index is 0.747. The Labute approximate surface area is 137 Å². The van der Waals surface area contributed by atoms with Gasteiger partial charge in [0.1, 0.15) is 5.82 Å². The van der Waals surface area contributed by atoms with Gasteiger partial charge in [0.15, 0.2) is 5.82 Å². The second-order valence-corrected chi connectivity index (χ2v) is 4.95. The maximum Gasteiger partial charge on any atom is 0.161 e. The Morgan fingerprint density at radius 3 is 2.57 bits per heavy atom. The Bertz CT molecular complexity index is 789. The lowest BCUT2D eigenvalue weighted by molar-refractivity contribution is 0.986. The molecule has 0 bridgehead atoms. The molecule has 3 heteroatoms. The fourth-order valence-corrected chi connectivity index (χ4v) is 2.26. The molecule has 0 amide bonds. The van der Waals surface area contributed by atoms with Gasteiger partial charge in [-0.05, 0) is 25.5 Å². The number of aryl methyl sites for hydroxylation is 1. The number of hydrogen-bond acceptors (Lipinski definition) is 2. The standard InChI is InChI=1S/C20H21N3/c1-5-7-8-9-10-15-20-22-21-17(4)23(20)16(3)19-14-12-11-13-18(19)6-2/h5-15H,2-3H2,1,4H3/b7-5-,9-8-,15-10+. The summed E-state index contributed by atoms with van der Waals surface area (Å²) in [7, 11) is 0. The first-order valence-electron chi connectivity index (χ1n) is 7.48. The number of nitrogens with zero attached hydrogens (tertiary/aromatic N) is 3. The average Bonchev–Trinajstić information content (AvgIpc) is 2.94. The number of benzene rings is 1. The van der Waals surface area contributed by atoms with Gasteiger partial charge in [0.05, 0.1) is 0 Å². The van der Waals surface area contributed by atoms with Crippen molar-refractivity contribution >= 4 is 17.8 Å². The predicted molar refractivity (Wildman–Crippen MR) is 98.7 cm³/mol. The van der Waals surface area contributed by atoms with Gasteiger partial charge in [-0.3, -0.25) is 4.57 Å². The van der Waals surface area contributed by atoms with Crippen molar-refractivity contribution in [2.45, 2.75) is 13.8 Å². The van der Waals surface area contributed by atoms with Crippen LogP contribution in [0.4, 0.5) is 0 Å². The van der Waals surface area contributed by atoms with Crippen molar-refractivity contribution in [2.75, 3.05) is 0 Å². The third-order valence-corrected chi connectivity index (χ3v) is 3.38. The van der Waals surface area contributed by atoms with Crippen molar-refractivity contribution in [1.29, 1.82) is 0 Å². The molecule has 3 nitrogen and oxygen atoms in total. The van der Waals surface area contributed by atoms with Crippen LogP contribution in [0.5, 0.6) is 0 Å². The Hall–Kier alpha value is -2.94. The Kier molecular flexibility index (Phi) is 5.64. The number of rotatable bonds is 6. The van der Waals surface area contributed by atoms with Crippen LogP contribution in [0.15, 0.2) is 67.8 Å². The highest BCUT2D eigenvalue weighted by molar-refractivity contribution is 5.74. The quantitative estimate of drug-likeness (QED) is 0.711. The summed E-state index contributed by atoms with van der Waals surface area (Å²) in [6.45, 7) is 12.0. The molecular weight excluding hydrogens is 282 g/mol. The molecule has 0 aliphatic rings. The molecule has 0 aliphatic carbocycles. The maximum atomic E-state index is 4.23. The molecule has 1 aromatic heterocycles. The second-order valence-electron chi connectivity index (χ2n) is 4.95. The molecule has 2 rings (SSSR count). The Morgan fingerprint density at radius 1 is 1.09 bits per heavy atom. The first-order valence-corrected chi connectivity index (χ1v) is 7.48. The molecule has 23 heavy (non-hydrogen) atoms. The third kappa shape index (κ3) is 3.83. The average molecular weight is 303 g/mol. The lowest BCUT2D eigenvalue weighted by Gasteiger charge is -2.13. The molecule has 0 spiro atoms. The van der Waals surface area contributed by atoms with Crippen LogP contribution in [0.3, 0.4) is 0 Å². The van der Waals surface area contributed by atoms with Crippen LogP contribution >= 0.6 is 0 Å². The number of allylic oxidation sites excluding steroid dienone is 5. The lowest BCUT2D eigenvalue weighted by atomic mass is 10.0. The van der Waals surface area contributed by atoms with Crippen molar-refractivity contribution in [2.24, 2.45) is 0 Å². The van der Waals surface area contributed by atoms with Crippen molar-refractivity contribution in [3.8, 4) is 0 Å². The lowest BCUT2D eigenvalue weighted by Crippen LogP contribution is -2.04. The van der Waals surface area contributed by atoms with Gasteiger partial charge in [0, 0.05) is 11.3 Å². The van der Waals surface area contributed by atoms with E-state index in [-0.39, 0.29) is 0 Å². The van der Waals surface area contributed by atoms with Crippen LogP contribution < -0.4 is 0 Å². The highest BCUT2D eigenvalue weighted by atomic mass is 15.3. The summed E-state index contributed by atoms with van der Waals surface area (Å²) in [5, 5.41) is 8.39. The highest BCUT2D eigenvalue weighted by Gasteiger charge is 2.12. The topological polar surface area (TPSA) is 30.7 Å². The van der Waals surface area contributed by atoms with E-state index in [1.165, 1.54) is 0 Å². The Morgan fingerprint density at radius 2 is 1.83 bits per heavy atom. The zero-order chi connectivity index (χ0) is 16.7. The summed E-state index contributed by atoms with van der Waals surface area (Å²) in [6.07, 6.45) is 13.6. The van der Waals surface area contributed by atoms with Gasteiger partial charge >= 0.3 is 0 Å². The molecule has 0 N–H and O–H groups in total. The molecule has 0 unspecified atom stereocenters. The molecule has 0 radical (unpaired) electrons. The second kappa shape index (κ2) is 7.90. The van der Waals surface area contributed by atoms with Crippen LogP contribution in [0.2, 0.25) is 0 Å². The molecular formula is C20H21N3. The van der Waals surface area contributed by atoms with Gasteiger partial charge in [-0.1, -0.05) is 73.9 Å². The monoisotopic (exact) mass is 303 g/mol. The van der Waals surface area contributed by atoms with Gasteiger partial charge < -0.3 is 0 Å². The van der Waals surface area contributed by atoms with Crippen molar-refractivity contribution in [3.63, 3.8) is 0 Å². The van der Waals surface area contributed by atoms with Gasteiger partial charge in [-0.25, -0.2) is 0 Å². The minimum absolute atomic E-state index is 0.747. The van der Waals surface area contributed by atoms with Crippen LogP contribution in [0.25, 0.3) is 17.8 Å². The molecule has 0 aliphatic heterocycles. The fourth-order valence-electron chi connectivity index (χ4n) is 2.26. The first-order chi connectivity index (χ1) is 11.2. The predicted octanol–water partition coefficient (Wildman–Crippen LogP) is 4.89. The van der Waals surface area contributed by atoms with Crippen LogP contribution in [0.1, 0.15) is 29.7 Å². The normalized spacial score (nSPS) is 11.7. The van der Waals surface area contributed by atoms with Crippen molar-refractivity contribution < 1.29 is 0 Å². The van der Waals surface area contributed by atoms with E-state index in [1.54, 1.807) is 0 Å². The van der Waals surface area contributed by atoms with E-state index in [2.05, 4.69) is 23.4 Å². The van der Waals surface area contributed by atoms with E-state index in [0.717, 1.165) is 28.5 Å². The van der Waals surface area contributed by atoms with Gasteiger partial charge in [-0.15, -0.1) is 10.2 Å². The third-order valence-electron chi connectivity index (χ3n) is 3.38. The molecule has 2 aromatic rings. The van der Waals surface area contributed by atoms with E-state index >= 15 is 0 Å². The molecule has 1 aromatic carbocycles. The van der Waals surface area contributed by atoms with E-state index in [0.29, 0.717) is 0 Å². The summed E-state index contributed by atoms with van der Waals surface area (Å²) >= 11 is 0. The first kappa shape index (κ1) is 16.4. The van der Waals surface area contributed by atoms with E-state index < -0.39 is 0 Å². The summed E-state index contributed by atoms with van der Waals surface area (Å²) < 4.78 is 1.95. The molecule has 0 atom stereocenters. The summed E-state index contributed by atoms with van der Waals surface area (Å²) in [5.74, 6) is 1.54. The summed E-state index contributed by atoms with van der Waals surface area (Å²) in [6, 6.07) is 8.02. The smallest absolute Gasteiger partial charge is 0.161 e. The van der Waals surface area contributed by atoms with Crippen molar-refractivity contribution in [3.05, 3.63) is 90.6 Å². The van der Waals surface area contributed by atoms with E-state index in [4.69, 9.17) is 0 Å². The fraction of sp³-hybridized carbons (Fsp3) is 0.100. The SMILES string of the molecule is C=Cc1ccccc1C(=C)n1c(C)nnc1/C=C/C=C\C=C/C. The maximum absolute atomic E-state index is 4.23. The van der Waals surface area contributed by atoms with Gasteiger partial charge in [0.25, 0.3) is 0 Å². The molecule has 1 heterocycles. The van der Waals surface area contributed by atoms with E-state index in [9.17, 15) is 0 Å². The number of hydrogen-bond donors (Lipinski definition) is 0. The van der Waals surface area contributed by atoms with Crippen LogP contribution in [-0.2, 0) is 0 Å². The molecule has 0 saturated heterocycles. The zero-order valence-corrected chi connectivity index (χ0v) is 13.6. The Balaban J connectivity index is 2.38. The van der Waals surface area contributed by atoms with E-state index in [1.807, 2.05) is 85.2 Å². The van der Waals surface area contributed by atoms with Gasteiger partial charge in [0.2, 0.25) is 0 Å². The largest absolute Gasteiger partial charge is 0.280 e. The van der Waals surface area contributed by atoms with Crippen molar-refractivity contribution in [1.82, 2.24) is 14.8 Å². The molecule has 116 valence electrons. The summed E-state index contributed by atoms with van der Waals surface area (Å²) in [5.41, 5.74) is 2.89. The zero-order valence-electron chi connectivity index (χ0n) is 13.6. The summed E-state index contributed by atoms with van der Waals surface area (Å²) in [4.78, 5) is 0. The van der Waals surface area contributed by atoms with Gasteiger partial charge in [-0.2, -0.15) is 0 Å². The molecule has 0 saturated carbocycles. The minimum Gasteiger partial charge on any atom is -0.280 e. The van der Waals surface area contributed by atoms with Crippen LogP contribution in [0, 0.1) is 6.92 Å². The van der Waals surface area contributed by atoms with Crippen LogP contribution in [-0.4, -0.2) is 14.8 Å². The number of aromatic nitrogens is 3.